The Kier molecular flexibility index (Phi) is 10.2. The molecule has 1 N–H and O–H groups in total. The van der Waals surface area contributed by atoms with Crippen molar-refractivity contribution < 1.29 is 22.7 Å². The van der Waals surface area contributed by atoms with Gasteiger partial charge >= 0.3 is 0 Å². The molecule has 11 heteroatoms. The topological polar surface area (TPSA) is 96.0 Å². The molecule has 0 saturated heterocycles. The zero-order valence-corrected chi connectivity index (χ0v) is 22.7. The second kappa shape index (κ2) is 12.5. The van der Waals surface area contributed by atoms with Crippen LogP contribution in [-0.2, 0) is 26.2 Å². The summed E-state index contributed by atoms with van der Waals surface area (Å²) in [6.07, 6.45) is 1.72. The van der Waals surface area contributed by atoms with E-state index in [1.54, 1.807) is 49.4 Å². The molecule has 0 saturated carbocycles. The molecule has 0 aliphatic heterocycles. The third-order valence-electron chi connectivity index (χ3n) is 5.60. The fraction of sp³-hybridized carbons (Fsp3) is 0.417. The maximum atomic E-state index is 13.6. The first kappa shape index (κ1) is 28.7. The zero-order valence-electron chi connectivity index (χ0n) is 20.4. The SMILES string of the molecule is CC[C@H](C)NC(=O)[C@@H](C)N(Cc1c(Cl)cccc1Cl)C(=O)CN(c1ccc(OC)cc1)S(C)(=O)=O. The highest BCUT2D eigenvalue weighted by molar-refractivity contribution is 7.92. The Balaban J connectivity index is 2.43. The second-order valence-corrected chi connectivity index (χ2v) is 10.9. The maximum Gasteiger partial charge on any atom is 0.244 e. The Bertz CT molecular complexity index is 1120. The van der Waals surface area contributed by atoms with Crippen molar-refractivity contribution in [2.75, 3.05) is 24.2 Å². The van der Waals surface area contributed by atoms with Gasteiger partial charge in [0, 0.05) is 28.2 Å². The van der Waals surface area contributed by atoms with E-state index in [9.17, 15) is 18.0 Å². The average Bonchev–Trinajstić information content (AvgIpc) is 2.81. The van der Waals surface area contributed by atoms with E-state index in [-0.39, 0.29) is 24.2 Å². The Morgan fingerprint density at radius 1 is 1.06 bits per heavy atom. The number of methoxy groups -OCH3 is 1. The number of carbonyl (C=O) groups excluding carboxylic acids is 2. The third kappa shape index (κ3) is 7.75. The predicted octanol–water partition coefficient (Wildman–Crippen LogP) is 4.10. The highest BCUT2D eigenvalue weighted by Crippen LogP contribution is 2.27. The van der Waals surface area contributed by atoms with Gasteiger partial charge in [0.2, 0.25) is 21.8 Å². The minimum absolute atomic E-state index is 0.0767. The van der Waals surface area contributed by atoms with Crippen molar-refractivity contribution in [1.29, 1.82) is 0 Å². The molecule has 0 aliphatic carbocycles. The summed E-state index contributed by atoms with van der Waals surface area (Å²) in [7, 11) is -2.34. The number of anilines is 1. The Morgan fingerprint density at radius 2 is 1.63 bits per heavy atom. The standard InChI is InChI=1S/C24H31Cl2N3O5S/c1-6-16(2)27-24(31)17(3)28(14-20-21(25)8-7-9-22(20)26)23(30)15-29(35(5,32)33)18-10-12-19(34-4)13-11-18/h7-13,16-17H,6,14-15H2,1-5H3,(H,27,31)/t16-,17+/m0/s1. The molecule has 8 nitrogen and oxygen atoms in total. The Morgan fingerprint density at radius 3 is 2.11 bits per heavy atom. The number of nitrogens with one attached hydrogen (secondary N) is 1. The van der Waals surface area contributed by atoms with E-state index < -0.39 is 28.5 Å². The zero-order chi connectivity index (χ0) is 26.3. The highest BCUT2D eigenvalue weighted by atomic mass is 35.5. The van der Waals surface area contributed by atoms with Crippen LogP contribution in [0.2, 0.25) is 10.0 Å². The van der Waals surface area contributed by atoms with Gasteiger partial charge in [-0.25, -0.2) is 8.42 Å². The van der Waals surface area contributed by atoms with E-state index in [4.69, 9.17) is 27.9 Å². The molecular formula is C24H31Cl2N3O5S. The molecule has 2 atom stereocenters. The summed E-state index contributed by atoms with van der Waals surface area (Å²) in [4.78, 5) is 27.8. The lowest BCUT2D eigenvalue weighted by atomic mass is 10.1. The molecule has 192 valence electrons. The van der Waals surface area contributed by atoms with E-state index in [0.717, 1.165) is 10.6 Å². The normalized spacial score (nSPS) is 13.0. The van der Waals surface area contributed by atoms with Crippen molar-refractivity contribution in [2.45, 2.75) is 45.8 Å². The number of hydrogen-bond donors (Lipinski definition) is 1. The predicted molar refractivity (Wildman–Crippen MR) is 140 cm³/mol. The number of hydrogen-bond acceptors (Lipinski definition) is 5. The van der Waals surface area contributed by atoms with Crippen LogP contribution in [0.4, 0.5) is 5.69 Å². The van der Waals surface area contributed by atoms with Crippen LogP contribution in [0.1, 0.15) is 32.8 Å². The van der Waals surface area contributed by atoms with Gasteiger partial charge in [-0.3, -0.25) is 13.9 Å². The van der Waals surface area contributed by atoms with Crippen molar-refractivity contribution in [3.63, 3.8) is 0 Å². The first-order valence-corrected chi connectivity index (χ1v) is 13.6. The fourth-order valence-electron chi connectivity index (χ4n) is 3.26. The van der Waals surface area contributed by atoms with Crippen LogP contribution in [0.25, 0.3) is 0 Å². The van der Waals surface area contributed by atoms with Gasteiger partial charge in [0.05, 0.1) is 19.1 Å². The summed E-state index contributed by atoms with van der Waals surface area (Å²) in [5, 5.41) is 3.53. The number of sulfonamides is 1. The highest BCUT2D eigenvalue weighted by Gasteiger charge is 2.31. The Hall–Kier alpha value is -2.49. The molecule has 0 radical (unpaired) electrons. The number of carbonyl (C=O) groups is 2. The molecule has 2 rings (SSSR count). The van der Waals surface area contributed by atoms with Gasteiger partial charge in [0.1, 0.15) is 18.3 Å². The summed E-state index contributed by atoms with van der Waals surface area (Å²) in [5.41, 5.74) is 0.747. The number of benzene rings is 2. The maximum absolute atomic E-state index is 13.6. The molecule has 2 aromatic carbocycles. The molecular weight excluding hydrogens is 513 g/mol. The van der Waals surface area contributed by atoms with Crippen LogP contribution >= 0.6 is 23.2 Å². The number of amides is 2. The molecule has 0 aliphatic rings. The van der Waals surface area contributed by atoms with Gasteiger partial charge in [-0.2, -0.15) is 0 Å². The smallest absolute Gasteiger partial charge is 0.244 e. The van der Waals surface area contributed by atoms with Crippen LogP contribution in [0.3, 0.4) is 0 Å². The van der Waals surface area contributed by atoms with Gasteiger partial charge in [0.25, 0.3) is 0 Å². The number of ether oxygens (including phenoxy) is 1. The van der Waals surface area contributed by atoms with Crippen molar-refractivity contribution in [1.82, 2.24) is 10.2 Å². The first-order chi connectivity index (χ1) is 16.4. The van der Waals surface area contributed by atoms with E-state index >= 15 is 0 Å². The fourth-order valence-corrected chi connectivity index (χ4v) is 4.63. The molecule has 0 unspecified atom stereocenters. The van der Waals surface area contributed by atoms with Gasteiger partial charge in [-0.05, 0) is 56.7 Å². The van der Waals surface area contributed by atoms with E-state index in [1.807, 2.05) is 13.8 Å². The molecule has 35 heavy (non-hydrogen) atoms. The van der Waals surface area contributed by atoms with Crippen LogP contribution in [0.15, 0.2) is 42.5 Å². The van der Waals surface area contributed by atoms with Gasteiger partial charge < -0.3 is 15.0 Å². The summed E-state index contributed by atoms with van der Waals surface area (Å²) in [6.45, 7) is 4.77. The molecule has 0 spiro atoms. The number of halogens is 2. The third-order valence-corrected chi connectivity index (χ3v) is 7.45. The quantitative estimate of drug-likeness (QED) is 0.460. The largest absolute Gasteiger partial charge is 0.497 e. The average molecular weight is 545 g/mol. The lowest BCUT2D eigenvalue weighted by Gasteiger charge is -2.32. The summed E-state index contributed by atoms with van der Waals surface area (Å²) in [6, 6.07) is 10.2. The van der Waals surface area contributed by atoms with Crippen LogP contribution in [-0.4, -0.2) is 57.1 Å². The lowest BCUT2D eigenvalue weighted by Crippen LogP contribution is -2.52. The summed E-state index contributed by atoms with van der Waals surface area (Å²) >= 11 is 12.7. The van der Waals surface area contributed by atoms with Crippen LogP contribution in [0.5, 0.6) is 5.75 Å². The van der Waals surface area contributed by atoms with Gasteiger partial charge in [-0.15, -0.1) is 0 Å². The van der Waals surface area contributed by atoms with Crippen LogP contribution < -0.4 is 14.4 Å². The van der Waals surface area contributed by atoms with Gasteiger partial charge in [-0.1, -0.05) is 36.2 Å². The molecule has 2 amide bonds. The molecule has 2 aromatic rings. The number of rotatable bonds is 11. The van der Waals surface area contributed by atoms with E-state index in [0.29, 0.717) is 27.8 Å². The molecule has 0 heterocycles. The molecule has 0 aromatic heterocycles. The van der Waals surface area contributed by atoms with Crippen molar-refractivity contribution in [3.05, 3.63) is 58.1 Å². The summed E-state index contributed by atoms with van der Waals surface area (Å²) < 4.78 is 31.3. The van der Waals surface area contributed by atoms with Gasteiger partial charge in [0.15, 0.2) is 0 Å². The first-order valence-electron chi connectivity index (χ1n) is 11.0. The van der Waals surface area contributed by atoms with E-state index in [2.05, 4.69) is 5.32 Å². The summed E-state index contributed by atoms with van der Waals surface area (Å²) in [5.74, 6) is -0.417. The lowest BCUT2D eigenvalue weighted by molar-refractivity contribution is -0.139. The second-order valence-electron chi connectivity index (χ2n) is 8.18. The molecule has 0 bridgehead atoms. The van der Waals surface area contributed by atoms with E-state index in [1.165, 1.54) is 12.0 Å². The van der Waals surface area contributed by atoms with Crippen molar-refractivity contribution in [2.24, 2.45) is 0 Å². The monoisotopic (exact) mass is 543 g/mol. The molecule has 0 fully saturated rings. The van der Waals surface area contributed by atoms with Crippen LogP contribution in [0, 0.1) is 0 Å². The number of nitrogens with zero attached hydrogens (tertiary/aromatic N) is 2. The Labute approximate surface area is 217 Å². The minimum Gasteiger partial charge on any atom is -0.497 e. The van der Waals surface area contributed by atoms with Crippen molar-refractivity contribution >= 4 is 50.7 Å². The minimum atomic E-state index is -3.83. The van der Waals surface area contributed by atoms with Crippen molar-refractivity contribution in [3.8, 4) is 5.75 Å².